The number of aldehydes is 1. The molecule has 2 heterocycles. The van der Waals surface area contributed by atoms with E-state index < -0.39 is 5.92 Å². The van der Waals surface area contributed by atoms with E-state index in [-0.39, 0.29) is 11.7 Å². The van der Waals surface area contributed by atoms with Crippen molar-refractivity contribution in [1.29, 1.82) is 0 Å². The molecule has 0 aliphatic rings. The Labute approximate surface area is 185 Å². The maximum absolute atomic E-state index is 12.7. The standard InChI is InChI=1S/C18H14Cl2N2O2.C3H8O.CH4O/c1-10(9-23)17-16(11-3-6-15(20)21-8-11)14-7-12(19)4-5-13(14)18(24)22(17)2;1-3(2)4;1-2/h3-10H,1-2H3;3-4H,1-2H3;2H,1H3. The molecule has 0 bridgehead atoms. The van der Waals surface area contributed by atoms with Gasteiger partial charge in [0.1, 0.15) is 11.4 Å². The van der Waals surface area contributed by atoms with Crippen LogP contribution in [0.25, 0.3) is 21.9 Å². The summed E-state index contributed by atoms with van der Waals surface area (Å²) in [7, 11) is 2.67. The lowest BCUT2D eigenvalue weighted by Crippen LogP contribution is -2.23. The number of hydrogen-bond acceptors (Lipinski definition) is 5. The molecule has 0 aliphatic heterocycles. The molecule has 3 rings (SSSR count). The third-order valence-corrected chi connectivity index (χ3v) is 4.51. The van der Waals surface area contributed by atoms with Gasteiger partial charge in [0.15, 0.2) is 0 Å². The average Bonchev–Trinajstić information content (AvgIpc) is 2.71. The van der Waals surface area contributed by atoms with Crippen LogP contribution >= 0.6 is 23.2 Å². The Morgan fingerprint density at radius 1 is 1.07 bits per heavy atom. The first kappa shape index (κ1) is 25.8. The quantitative estimate of drug-likeness (QED) is 0.458. The smallest absolute Gasteiger partial charge is 0.258 e. The molecule has 8 heteroatoms. The minimum atomic E-state index is -0.461. The number of carbonyl (C=O) groups is 1. The van der Waals surface area contributed by atoms with Gasteiger partial charge in [-0.05, 0) is 49.6 Å². The number of aromatic nitrogens is 2. The minimum Gasteiger partial charge on any atom is -0.400 e. The third-order valence-electron chi connectivity index (χ3n) is 4.05. The van der Waals surface area contributed by atoms with Gasteiger partial charge in [0.2, 0.25) is 0 Å². The van der Waals surface area contributed by atoms with E-state index in [1.807, 2.05) is 6.07 Å². The summed E-state index contributed by atoms with van der Waals surface area (Å²) >= 11 is 12.0. The van der Waals surface area contributed by atoms with Crippen molar-refractivity contribution in [3.05, 3.63) is 62.8 Å². The number of aliphatic hydroxyl groups is 2. The molecule has 6 nitrogen and oxygen atoms in total. The van der Waals surface area contributed by atoms with Crippen LogP contribution in [-0.4, -0.2) is 39.3 Å². The maximum Gasteiger partial charge on any atom is 0.258 e. The van der Waals surface area contributed by atoms with Gasteiger partial charge in [-0.1, -0.05) is 30.1 Å². The number of halogens is 2. The molecule has 162 valence electrons. The molecule has 0 saturated heterocycles. The van der Waals surface area contributed by atoms with Crippen molar-refractivity contribution in [3.63, 3.8) is 0 Å². The fourth-order valence-electron chi connectivity index (χ4n) is 2.93. The number of aliphatic hydroxyl groups excluding tert-OH is 2. The summed E-state index contributed by atoms with van der Waals surface area (Å²) in [6, 6.07) is 8.60. The Morgan fingerprint density at radius 3 is 2.17 bits per heavy atom. The summed E-state index contributed by atoms with van der Waals surface area (Å²) < 4.78 is 1.51. The Balaban J connectivity index is 0.000000673. The first-order chi connectivity index (χ1) is 14.2. The first-order valence-corrected chi connectivity index (χ1v) is 9.95. The minimum absolute atomic E-state index is 0.167. The second-order valence-corrected chi connectivity index (χ2v) is 7.53. The van der Waals surface area contributed by atoms with Crippen molar-refractivity contribution in [2.24, 2.45) is 7.05 Å². The third kappa shape index (κ3) is 6.12. The molecule has 1 unspecified atom stereocenters. The number of benzene rings is 1. The molecule has 3 aromatic rings. The van der Waals surface area contributed by atoms with Crippen molar-refractivity contribution in [2.75, 3.05) is 7.11 Å². The summed E-state index contributed by atoms with van der Waals surface area (Å²) in [5.41, 5.74) is 1.98. The van der Waals surface area contributed by atoms with Crippen molar-refractivity contribution in [3.8, 4) is 11.1 Å². The lowest BCUT2D eigenvalue weighted by molar-refractivity contribution is -0.108. The molecule has 2 N–H and O–H groups in total. The van der Waals surface area contributed by atoms with Crippen LogP contribution in [0.5, 0.6) is 0 Å². The monoisotopic (exact) mass is 452 g/mol. The Morgan fingerprint density at radius 2 is 1.67 bits per heavy atom. The van der Waals surface area contributed by atoms with Crippen molar-refractivity contribution >= 4 is 40.3 Å². The Kier molecular flexibility index (Phi) is 10.2. The zero-order chi connectivity index (χ0) is 23.0. The average molecular weight is 453 g/mol. The highest BCUT2D eigenvalue weighted by Gasteiger charge is 2.21. The molecule has 0 aliphatic carbocycles. The van der Waals surface area contributed by atoms with Gasteiger partial charge in [-0.2, -0.15) is 0 Å². The van der Waals surface area contributed by atoms with Gasteiger partial charge in [0.25, 0.3) is 5.56 Å². The predicted molar refractivity (Wildman–Crippen MR) is 122 cm³/mol. The number of hydrogen-bond donors (Lipinski definition) is 2. The van der Waals surface area contributed by atoms with Gasteiger partial charge in [0, 0.05) is 53.7 Å². The van der Waals surface area contributed by atoms with E-state index in [0.717, 1.165) is 24.5 Å². The molecule has 30 heavy (non-hydrogen) atoms. The predicted octanol–water partition coefficient (Wildman–Crippen LogP) is 4.21. The summed E-state index contributed by atoms with van der Waals surface area (Å²) in [5, 5.41) is 17.2. The second kappa shape index (κ2) is 11.8. The van der Waals surface area contributed by atoms with Gasteiger partial charge in [-0.15, -0.1) is 0 Å². The molecule has 2 aromatic heterocycles. The number of nitrogens with zero attached hydrogens (tertiary/aromatic N) is 2. The van der Waals surface area contributed by atoms with E-state index in [2.05, 4.69) is 4.98 Å². The first-order valence-electron chi connectivity index (χ1n) is 9.19. The SMILES string of the molecule is CC(C)O.CC(C=O)c1c(-c2ccc(Cl)nc2)c2cc(Cl)ccc2c(=O)n1C.CO. The highest BCUT2D eigenvalue weighted by Crippen LogP contribution is 2.35. The summed E-state index contributed by atoms with van der Waals surface area (Å²) in [5.74, 6) is -0.461. The number of carbonyl (C=O) groups excluding carboxylic acids is 1. The van der Waals surface area contributed by atoms with Crippen LogP contribution in [-0.2, 0) is 11.8 Å². The Bertz CT molecular complexity index is 1040. The van der Waals surface area contributed by atoms with Crippen LogP contribution in [0.15, 0.2) is 41.3 Å². The van der Waals surface area contributed by atoms with E-state index in [4.69, 9.17) is 33.4 Å². The molecule has 1 atom stereocenters. The molecule has 0 amide bonds. The molecular formula is C22H26Cl2N2O4. The van der Waals surface area contributed by atoms with Crippen LogP contribution in [0.3, 0.4) is 0 Å². The van der Waals surface area contributed by atoms with E-state index >= 15 is 0 Å². The number of fused-ring (bicyclic) bond motifs is 1. The van der Waals surface area contributed by atoms with E-state index in [1.165, 1.54) is 4.57 Å². The van der Waals surface area contributed by atoms with Gasteiger partial charge in [-0.3, -0.25) is 4.79 Å². The lowest BCUT2D eigenvalue weighted by atomic mass is 9.93. The van der Waals surface area contributed by atoms with E-state index in [1.54, 1.807) is 58.3 Å². The molecule has 1 aromatic carbocycles. The highest BCUT2D eigenvalue weighted by molar-refractivity contribution is 6.31. The largest absolute Gasteiger partial charge is 0.400 e. The molecule has 0 spiro atoms. The molecular weight excluding hydrogens is 427 g/mol. The Hall–Kier alpha value is -2.25. The van der Waals surface area contributed by atoms with Crippen LogP contribution in [0.4, 0.5) is 0 Å². The van der Waals surface area contributed by atoms with E-state index in [0.29, 0.717) is 26.6 Å². The van der Waals surface area contributed by atoms with Gasteiger partial charge >= 0.3 is 0 Å². The summed E-state index contributed by atoms with van der Waals surface area (Å²) in [6.45, 7) is 5.20. The second-order valence-electron chi connectivity index (χ2n) is 6.70. The van der Waals surface area contributed by atoms with E-state index in [9.17, 15) is 9.59 Å². The van der Waals surface area contributed by atoms with Gasteiger partial charge in [-0.25, -0.2) is 4.98 Å². The zero-order valence-corrected chi connectivity index (χ0v) is 19.1. The van der Waals surface area contributed by atoms with Crippen molar-refractivity contribution in [1.82, 2.24) is 9.55 Å². The van der Waals surface area contributed by atoms with Gasteiger partial charge < -0.3 is 19.6 Å². The van der Waals surface area contributed by atoms with Crippen molar-refractivity contribution < 1.29 is 15.0 Å². The number of pyridine rings is 2. The zero-order valence-electron chi connectivity index (χ0n) is 17.6. The maximum atomic E-state index is 12.7. The van der Waals surface area contributed by atoms with Gasteiger partial charge in [0.05, 0.1) is 5.92 Å². The molecule has 0 fully saturated rings. The summed E-state index contributed by atoms with van der Waals surface area (Å²) in [6.07, 6.45) is 2.28. The fraction of sp³-hybridized carbons (Fsp3) is 0.318. The van der Waals surface area contributed by atoms with Crippen LogP contribution in [0, 0.1) is 0 Å². The lowest BCUT2D eigenvalue weighted by Gasteiger charge is -2.19. The topological polar surface area (TPSA) is 92.4 Å². The molecule has 0 saturated carbocycles. The molecule has 0 radical (unpaired) electrons. The van der Waals surface area contributed by atoms with Crippen LogP contribution in [0.1, 0.15) is 32.4 Å². The van der Waals surface area contributed by atoms with Crippen LogP contribution < -0.4 is 5.56 Å². The van der Waals surface area contributed by atoms with Crippen LogP contribution in [0.2, 0.25) is 10.2 Å². The normalized spacial score (nSPS) is 11.3. The summed E-state index contributed by atoms with van der Waals surface area (Å²) in [4.78, 5) is 28.2. The fourth-order valence-corrected chi connectivity index (χ4v) is 3.21. The highest BCUT2D eigenvalue weighted by atomic mass is 35.5. The number of rotatable bonds is 3. The van der Waals surface area contributed by atoms with Crippen molar-refractivity contribution in [2.45, 2.75) is 32.8 Å².